The van der Waals surface area contributed by atoms with Crippen molar-refractivity contribution < 1.29 is 13.2 Å². The average Bonchev–Trinajstić information content (AvgIpc) is 3.30. The van der Waals surface area contributed by atoms with E-state index in [9.17, 15) is 13.2 Å². The fraction of sp³-hybridized carbons (Fsp3) is 0.188. The molecule has 0 bridgehead atoms. The number of sulfonamides is 1. The SMILES string of the molecule is O=C(NS(=O)(=O)c1ccccc1)C1(c2ccccc2)CC1. The molecule has 1 fully saturated rings. The maximum Gasteiger partial charge on any atom is 0.264 e. The van der Waals surface area contributed by atoms with Crippen molar-refractivity contribution in [1.29, 1.82) is 0 Å². The molecule has 1 amide bonds. The number of hydrogen-bond acceptors (Lipinski definition) is 3. The van der Waals surface area contributed by atoms with Crippen molar-refractivity contribution in [2.24, 2.45) is 0 Å². The van der Waals surface area contributed by atoms with Gasteiger partial charge in [0.15, 0.2) is 0 Å². The van der Waals surface area contributed by atoms with Crippen LogP contribution in [-0.4, -0.2) is 14.3 Å². The Morgan fingerprint density at radius 2 is 1.43 bits per heavy atom. The van der Waals surface area contributed by atoms with Gasteiger partial charge in [0, 0.05) is 0 Å². The molecular weight excluding hydrogens is 286 g/mol. The van der Waals surface area contributed by atoms with Crippen LogP contribution in [0.4, 0.5) is 0 Å². The molecule has 1 N–H and O–H groups in total. The van der Waals surface area contributed by atoms with Gasteiger partial charge in [0.2, 0.25) is 5.91 Å². The summed E-state index contributed by atoms with van der Waals surface area (Å²) < 4.78 is 26.6. The van der Waals surface area contributed by atoms with Crippen LogP contribution in [-0.2, 0) is 20.2 Å². The first-order chi connectivity index (χ1) is 10.0. The molecule has 1 aliphatic rings. The molecule has 21 heavy (non-hydrogen) atoms. The lowest BCUT2D eigenvalue weighted by atomic mass is 9.96. The predicted octanol–water partition coefficient (Wildman–Crippen LogP) is 2.22. The third-order valence-electron chi connectivity index (χ3n) is 3.79. The lowest BCUT2D eigenvalue weighted by molar-refractivity contribution is -0.121. The highest BCUT2D eigenvalue weighted by atomic mass is 32.2. The van der Waals surface area contributed by atoms with Crippen molar-refractivity contribution in [3.05, 3.63) is 66.2 Å². The quantitative estimate of drug-likeness (QED) is 0.942. The van der Waals surface area contributed by atoms with Crippen molar-refractivity contribution in [3.63, 3.8) is 0 Å². The average molecular weight is 301 g/mol. The number of benzene rings is 2. The van der Waals surface area contributed by atoms with Crippen LogP contribution in [0.1, 0.15) is 18.4 Å². The molecule has 5 heteroatoms. The summed E-state index contributed by atoms with van der Waals surface area (Å²) in [6, 6.07) is 17.2. The van der Waals surface area contributed by atoms with E-state index < -0.39 is 21.3 Å². The van der Waals surface area contributed by atoms with E-state index in [-0.39, 0.29) is 4.90 Å². The summed E-state index contributed by atoms with van der Waals surface area (Å²) in [5, 5.41) is 0. The lowest BCUT2D eigenvalue weighted by Gasteiger charge is -2.15. The summed E-state index contributed by atoms with van der Waals surface area (Å²) in [7, 11) is -3.81. The van der Waals surface area contributed by atoms with Crippen LogP contribution in [0.25, 0.3) is 0 Å². The van der Waals surface area contributed by atoms with E-state index in [2.05, 4.69) is 4.72 Å². The van der Waals surface area contributed by atoms with Crippen LogP contribution in [0.3, 0.4) is 0 Å². The van der Waals surface area contributed by atoms with E-state index in [1.807, 2.05) is 30.3 Å². The fourth-order valence-electron chi connectivity index (χ4n) is 2.41. The molecule has 1 aliphatic carbocycles. The Bertz CT molecular complexity index is 751. The molecule has 0 heterocycles. The monoisotopic (exact) mass is 301 g/mol. The molecule has 2 aromatic rings. The summed E-state index contributed by atoms with van der Waals surface area (Å²) in [6.07, 6.45) is 1.35. The van der Waals surface area contributed by atoms with Crippen molar-refractivity contribution in [3.8, 4) is 0 Å². The van der Waals surface area contributed by atoms with E-state index in [0.29, 0.717) is 12.8 Å². The molecule has 1 saturated carbocycles. The third-order valence-corrected chi connectivity index (χ3v) is 5.14. The summed E-state index contributed by atoms with van der Waals surface area (Å²) >= 11 is 0. The first-order valence-corrected chi connectivity index (χ1v) is 8.21. The molecular formula is C16H15NO3S. The molecule has 0 aliphatic heterocycles. The fourth-order valence-corrected chi connectivity index (χ4v) is 3.48. The highest BCUT2D eigenvalue weighted by molar-refractivity contribution is 7.90. The number of nitrogens with one attached hydrogen (secondary N) is 1. The second-order valence-electron chi connectivity index (χ2n) is 5.20. The van der Waals surface area contributed by atoms with Crippen LogP contribution >= 0.6 is 0 Å². The highest BCUT2D eigenvalue weighted by Crippen LogP contribution is 2.48. The Morgan fingerprint density at radius 3 is 1.95 bits per heavy atom. The van der Waals surface area contributed by atoms with E-state index in [1.165, 1.54) is 12.1 Å². The summed E-state index contributed by atoms with van der Waals surface area (Å²) in [5.74, 6) is -0.447. The Balaban J connectivity index is 1.85. The standard InChI is InChI=1S/C16H15NO3S/c18-15(16(11-12-16)13-7-3-1-4-8-13)17-21(19,20)14-9-5-2-6-10-14/h1-10H,11-12H2,(H,17,18). The van der Waals surface area contributed by atoms with Gasteiger partial charge >= 0.3 is 0 Å². The predicted molar refractivity (Wildman–Crippen MR) is 79.1 cm³/mol. The molecule has 0 aromatic heterocycles. The molecule has 0 atom stereocenters. The molecule has 2 aromatic carbocycles. The minimum Gasteiger partial charge on any atom is -0.273 e. The number of carbonyl (C=O) groups excluding carboxylic acids is 1. The van der Waals surface area contributed by atoms with Crippen LogP contribution in [0.5, 0.6) is 0 Å². The van der Waals surface area contributed by atoms with Gasteiger partial charge in [0.05, 0.1) is 10.3 Å². The molecule has 0 spiro atoms. The Hall–Kier alpha value is -2.14. The minimum absolute atomic E-state index is 0.0993. The highest BCUT2D eigenvalue weighted by Gasteiger charge is 2.52. The zero-order chi connectivity index (χ0) is 14.9. The zero-order valence-electron chi connectivity index (χ0n) is 11.3. The Labute approximate surface area is 123 Å². The van der Waals surface area contributed by atoms with Crippen LogP contribution in [0.2, 0.25) is 0 Å². The van der Waals surface area contributed by atoms with Gasteiger partial charge in [-0.15, -0.1) is 0 Å². The van der Waals surface area contributed by atoms with Crippen molar-refractivity contribution in [2.75, 3.05) is 0 Å². The normalized spacial score (nSPS) is 16.2. The third kappa shape index (κ3) is 2.56. The second-order valence-corrected chi connectivity index (χ2v) is 6.88. The summed E-state index contributed by atoms with van der Waals surface area (Å²) in [4.78, 5) is 12.5. The Morgan fingerprint density at radius 1 is 0.905 bits per heavy atom. The number of rotatable bonds is 4. The molecule has 0 unspecified atom stereocenters. The van der Waals surface area contributed by atoms with Gasteiger partial charge in [-0.1, -0.05) is 48.5 Å². The smallest absolute Gasteiger partial charge is 0.264 e. The summed E-state index contributed by atoms with van der Waals surface area (Å²) in [5.41, 5.74) is 0.175. The lowest BCUT2D eigenvalue weighted by Crippen LogP contribution is -2.38. The van der Waals surface area contributed by atoms with Crippen molar-refractivity contribution in [1.82, 2.24) is 4.72 Å². The molecule has 0 saturated heterocycles. The maximum absolute atomic E-state index is 12.4. The second kappa shape index (κ2) is 5.00. The molecule has 3 rings (SSSR count). The van der Waals surface area contributed by atoms with E-state index >= 15 is 0 Å². The number of hydrogen-bond donors (Lipinski definition) is 1. The van der Waals surface area contributed by atoms with Crippen LogP contribution in [0.15, 0.2) is 65.6 Å². The van der Waals surface area contributed by atoms with Gasteiger partial charge in [0.25, 0.3) is 10.0 Å². The van der Waals surface area contributed by atoms with Gasteiger partial charge in [-0.2, -0.15) is 0 Å². The van der Waals surface area contributed by atoms with Gasteiger partial charge in [-0.25, -0.2) is 13.1 Å². The van der Waals surface area contributed by atoms with E-state index in [4.69, 9.17) is 0 Å². The first-order valence-electron chi connectivity index (χ1n) is 6.72. The van der Waals surface area contributed by atoms with Crippen molar-refractivity contribution in [2.45, 2.75) is 23.2 Å². The van der Waals surface area contributed by atoms with Crippen LogP contribution < -0.4 is 4.72 Å². The Kier molecular flexibility index (Phi) is 3.29. The van der Waals surface area contributed by atoms with Gasteiger partial charge in [-0.05, 0) is 30.5 Å². The molecule has 4 nitrogen and oxygen atoms in total. The van der Waals surface area contributed by atoms with Gasteiger partial charge in [0.1, 0.15) is 0 Å². The van der Waals surface area contributed by atoms with Crippen molar-refractivity contribution >= 4 is 15.9 Å². The molecule has 0 radical (unpaired) electrons. The number of carbonyl (C=O) groups is 1. The van der Waals surface area contributed by atoms with Gasteiger partial charge in [-0.3, -0.25) is 4.79 Å². The van der Waals surface area contributed by atoms with E-state index in [0.717, 1.165) is 5.56 Å². The first kappa shape index (κ1) is 13.8. The largest absolute Gasteiger partial charge is 0.273 e. The minimum atomic E-state index is -3.81. The molecule has 108 valence electrons. The maximum atomic E-state index is 12.4. The van der Waals surface area contributed by atoms with Gasteiger partial charge < -0.3 is 0 Å². The topological polar surface area (TPSA) is 63.2 Å². The van der Waals surface area contributed by atoms with Crippen LogP contribution in [0, 0.1) is 0 Å². The zero-order valence-corrected chi connectivity index (χ0v) is 12.1. The number of amides is 1. The van der Waals surface area contributed by atoms with E-state index in [1.54, 1.807) is 18.2 Å². The summed E-state index contributed by atoms with van der Waals surface area (Å²) in [6.45, 7) is 0.